The van der Waals surface area contributed by atoms with Crippen LogP contribution in [0.2, 0.25) is 0 Å². The molecule has 1 fully saturated rings. The van der Waals surface area contributed by atoms with Crippen molar-refractivity contribution in [1.82, 2.24) is 10.6 Å². The van der Waals surface area contributed by atoms with E-state index in [1.165, 1.54) is 25.7 Å². The van der Waals surface area contributed by atoms with Crippen molar-refractivity contribution in [1.29, 1.82) is 0 Å². The molecule has 1 aliphatic rings. The maximum Gasteiger partial charge on any atom is 0.203 e. The van der Waals surface area contributed by atoms with Crippen LogP contribution in [0.3, 0.4) is 0 Å². The fraction of sp³-hybridized carbons (Fsp3) is 0.650. The highest BCUT2D eigenvalue weighted by molar-refractivity contribution is 14.0. The van der Waals surface area contributed by atoms with Gasteiger partial charge in [0.2, 0.25) is 5.75 Å². The van der Waals surface area contributed by atoms with Gasteiger partial charge in [-0.2, -0.15) is 0 Å². The van der Waals surface area contributed by atoms with Gasteiger partial charge in [-0.05, 0) is 42.9 Å². The van der Waals surface area contributed by atoms with Crippen molar-refractivity contribution in [3.8, 4) is 17.2 Å². The van der Waals surface area contributed by atoms with E-state index in [1.54, 1.807) is 21.3 Å². The largest absolute Gasteiger partial charge is 0.493 e. The third-order valence-corrected chi connectivity index (χ3v) is 4.98. The molecular weight excluding hydrogens is 457 g/mol. The molecule has 0 heterocycles. The summed E-state index contributed by atoms with van der Waals surface area (Å²) in [6, 6.07) is 3.87. The van der Waals surface area contributed by atoms with Crippen LogP contribution in [0, 0.1) is 5.41 Å². The summed E-state index contributed by atoms with van der Waals surface area (Å²) in [5.74, 6) is 2.73. The van der Waals surface area contributed by atoms with Crippen LogP contribution in [-0.4, -0.2) is 40.4 Å². The van der Waals surface area contributed by atoms with Crippen LogP contribution in [0.5, 0.6) is 17.2 Å². The summed E-state index contributed by atoms with van der Waals surface area (Å²) in [5, 5.41) is 6.83. The lowest BCUT2D eigenvalue weighted by Crippen LogP contribution is -2.42. The molecule has 0 spiro atoms. The number of benzene rings is 1. The first-order valence-corrected chi connectivity index (χ1v) is 9.36. The van der Waals surface area contributed by atoms with Gasteiger partial charge < -0.3 is 24.8 Å². The van der Waals surface area contributed by atoms with Crippen LogP contribution in [0.15, 0.2) is 17.1 Å². The summed E-state index contributed by atoms with van der Waals surface area (Å²) in [5.41, 5.74) is 1.38. The fourth-order valence-corrected chi connectivity index (χ4v) is 3.44. The second-order valence-electron chi connectivity index (χ2n) is 7.10. The van der Waals surface area contributed by atoms with Gasteiger partial charge in [0.25, 0.3) is 0 Å². The molecule has 2 rings (SSSR count). The molecular formula is C20H34IN3O3. The van der Waals surface area contributed by atoms with Crippen LogP contribution in [0.4, 0.5) is 0 Å². The van der Waals surface area contributed by atoms with E-state index in [1.807, 2.05) is 12.1 Å². The number of aliphatic imine (C=N–C) groups is 1. The molecule has 154 valence electrons. The van der Waals surface area contributed by atoms with Gasteiger partial charge in [0.15, 0.2) is 17.5 Å². The molecule has 1 aliphatic carbocycles. The zero-order valence-electron chi connectivity index (χ0n) is 17.2. The molecule has 2 N–H and O–H groups in total. The van der Waals surface area contributed by atoms with Gasteiger partial charge in [0.05, 0.1) is 27.9 Å². The molecule has 6 nitrogen and oxygen atoms in total. The van der Waals surface area contributed by atoms with E-state index in [0.29, 0.717) is 29.2 Å². The highest BCUT2D eigenvalue weighted by Gasteiger charge is 2.28. The Kier molecular flexibility index (Phi) is 10.0. The highest BCUT2D eigenvalue weighted by Crippen LogP contribution is 2.38. The van der Waals surface area contributed by atoms with Gasteiger partial charge in [0.1, 0.15) is 0 Å². The Morgan fingerprint density at radius 1 is 1.04 bits per heavy atom. The van der Waals surface area contributed by atoms with E-state index >= 15 is 0 Å². The Labute approximate surface area is 180 Å². The first-order chi connectivity index (χ1) is 12.5. The minimum atomic E-state index is 0. The van der Waals surface area contributed by atoms with Crippen molar-refractivity contribution < 1.29 is 14.2 Å². The second-order valence-corrected chi connectivity index (χ2v) is 7.10. The van der Waals surface area contributed by atoms with E-state index in [0.717, 1.165) is 24.6 Å². The Bertz CT molecular complexity index is 591. The topological polar surface area (TPSA) is 64.1 Å². The summed E-state index contributed by atoms with van der Waals surface area (Å²) >= 11 is 0. The lowest BCUT2D eigenvalue weighted by Gasteiger charge is -2.25. The average Bonchev–Trinajstić information content (AvgIpc) is 3.09. The summed E-state index contributed by atoms with van der Waals surface area (Å²) in [7, 11) is 4.85. The predicted octanol–water partition coefficient (Wildman–Crippen LogP) is 3.97. The van der Waals surface area contributed by atoms with Gasteiger partial charge in [0, 0.05) is 13.1 Å². The standard InChI is InChI=1S/C20H33N3O3.HI/c1-6-21-19(23-14-20(2)9-7-8-10-20)22-13-15-11-16(24-3)18(26-5)17(12-15)25-4;/h11-12H,6-10,13-14H2,1-5H3,(H2,21,22,23);1H. The average molecular weight is 491 g/mol. The third-order valence-electron chi connectivity index (χ3n) is 4.98. The molecule has 27 heavy (non-hydrogen) atoms. The molecule has 0 aromatic heterocycles. The number of hydrogen-bond acceptors (Lipinski definition) is 4. The molecule has 0 aliphatic heterocycles. The molecule has 1 aromatic rings. The van der Waals surface area contributed by atoms with Crippen molar-refractivity contribution >= 4 is 29.9 Å². The normalized spacial score (nSPS) is 15.7. The number of nitrogens with one attached hydrogen (secondary N) is 2. The van der Waals surface area contributed by atoms with Crippen LogP contribution >= 0.6 is 24.0 Å². The van der Waals surface area contributed by atoms with Crippen molar-refractivity contribution in [2.45, 2.75) is 46.1 Å². The Hall–Kier alpha value is -1.38. The molecule has 1 aromatic carbocycles. The van der Waals surface area contributed by atoms with Crippen LogP contribution in [-0.2, 0) is 6.54 Å². The maximum absolute atomic E-state index is 5.42. The summed E-state index contributed by atoms with van der Waals surface area (Å²) in [6.45, 7) is 6.75. The number of ether oxygens (including phenoxy) is 3. The van der Waals surface area contributed by atoms with Gasteiger partial charge in [-0.25, -0.2) is 4.99 Å². The first-order valence-electron chi connectivity index (χ1n) is 9.36. The zero-order valence-corrected chi connectivity index (χ0v) is 19.5. The molecule has 0 saturated heterocycles. The van der Waals surface area contributed by atoms with Crippen LogP contribution in [0.1, 0.15) is 45.1 Å². The molecule has 0 bridgehead atoms. The molecule has 0 unspecified atom stereocenters. The summed E-state index contributed by atoms with van der Waals surface area (Å²) < 4.78 is 16.2. The first kappa shape index (κ1) is 23.7. The fourth-order valence-electron chi connectivity index (χ4n) is 3.44. The van der Waals surface area contributed by atoms with Gasteiger partial charge >= 0.3 is 0 Å². The van der Waals surface area contributed by atoms with E-state index in [-0.39, 0.29) is 24.0 Å². The molecule has 1 saturated carbocycles. The van der Waals surface area contributed by atoms with E-state index in [4.69, 9.17) is 19.2 Å². The smallest absolute Gasteiger partial charge is 0.203 e. The van der Waals surface area contributed by atoms with Crippen molar-refractivity contribution in [3.05, 3.63) is 17.7 Å². The second kappa shape index (κ2) is 11.5. The van der Waals surface area contributed by atoms with Crippen molar-refractivity contribution in [2.75, 3.05) is 34.4 Å². The number of rotatable bonds is 8. The van der Waals surface area contributed by atoms with Crippen LogP contribution in [0.25, 0.3) is 0 Å². The Balaban J connectivity index is 0.00000364. The van der Waals surface area contributed by atoms with E-state index in [2.05, 4.69) is 24.5 Å². The maximum atomic E-state index is 5.42. The summed E-state index contributed by atoms with van der Waals surface area (Å²) in [4.78, 5) is 4.72. The number of hydrogen-bond donors (Lipinski definition) is 2. The van der Waals surface area contributed by atoms with Crippen molar-refractivity contribution in [2.24, 2.45) is 10.4 Å². The van der Waals surface area contributed by atoms with E-state index in [9.17, 15) is 0 Å². The van der Waals surface area contributed by atoms with Gasteiger partial charge in [-0.1, -0.05) is 19.8 Å². The number of guanidine groups is 1. The molecule has 0 atom stereocenters. The number of halogens is 1. The lowest BCUT2D eigenvalue weighted by molar-refractivity contribution is 0.324. The van der Waals surface area contributed by atoms with Gasteiger partial charge in [-0.3, -0.25) is 0 Å². The zero-order chi connectivity index (χ0) is 19.0. The molecule has 0 amide bonds. The quantitative estimate of drug-likeness (QED) is 0.328. The lowest BCUT2D eigenvalue weighted by atomic mass is 9.89. The molecule has 7 heteroatoms. The Morgan fingerprint density at radius 2 is 1.63 bits per heavy atom. The van der Waals surface area contributed by atoms with E-state index < -0.39 is 0 Å². The Morgan fingerprint density at radius 3 is 2.11 bits per heavy atom. The van der Waals surface area contributed by atoms with Crippen LogP contribution < -0.4 is 24.8 Å². The van der Waals surface area contributed by atoms with Crippen molar-refractivity contribution in [3.63, 3.8) is 0 Å². The molecule has 0 radical (unpaired) electrons. The third kappa shape index (κ3) is 6.62. The van der Waals surface area contributed by atoms with Gasteiger partial charge in [-0.15, -0.1) is 24.0 Å². The SMILES string of the molecule is CCNC(=NCc1cc(OC)c(OC)c(OC)c1)NCC1(C)CCCC1.I. The monoisotopic (exact) mass is 491 g/mol. The number of nitrogens with zero attached hydrogens (tertiary/aromatic N) is 1. The minimum absolute atomic E-state index is 0. The summed E-state index contributed by atoms with van der Waals surface area (Å²) in [6.07, 6.45) is 5.23. The highest BCUT2D eigenvalue weighted by atomic mass is 127. The number of methoxy groups -OCH3 is 3. The minimum Gasteiger partial charge on any atom is -0.493 e. The predicted molar refractivity (Wildman–Crippen MR) is 121 cm³/mol.